The van der Waals surface area contributed by atoms with Gasteiger partial charge in [0.25, 0.3) is 0 Å². The van der Waals surface area contributed by atoms with Crippen LogP contribution in [-0.2, 0) is 19.1 Å². The number of phenolic OH excluding ortho intramolecular Hbond substituents is 1. The molecule has 3 aliphatic rings. The number of halogens is 1. The largest absolute Gasteiger partial charge is 0.504 e. The van der Waals surface area contributed by atoms with E-state index in [-0.39, 0.29) is 17.8 Å². The van der Waals surface area contributed by atoms with Gasteiger partial charge in [-0.2, -0.15) is 4.90 Å². The van der Waals surface area contributed by atoms with E-state index in [1.165, 1.54) is 19.8 Å². The first-order valence-electron chi connectivity index (χ1n) is 13.9. The zero-order chi connectivity index (χ0) is 29.3. The number of hydrogen-bond acceptors (Lipinski definition) is 7. The van der Waals surface area contributed by atoms with E-state index >= 15 is 0 Å². The van der Waals surface area contributed by atoms with Crippen molar-refractivity contribution in [3.63, 3.8) is 0 Å². The summed E-state index contributed by atoms with van der Waals surface area (Å²) in [6.45, 7) is 2.45. The molecule has 0 unspecified atom stereocenters. The van der Waals surface area contributed by atoms with Crippen molar-refractivity contribution >= 4 is 52.1 Å². The molecule has 2 aromatic rings. The van der Waals surface area contributed by atoms with Crippen LogP contribution in [0.3, 0.4) is 0 Å². The predicted octanol–water partition coefficient (Wildman–Crippen LogP) is 6.21. The first kappa shape index (κ1) is 29.3. The Morgan fingerprint density at radius 2 is 1.90 bits per heavy atom. The molecule has 2 heterocycles. The molecule has 4 atom stereocenters. The van der Waals surface area contributed by atoms with Crippen molar-refractivity contribution in [2.45, 2.75) is 45.1 Å². The molecule has 216 valence electrons. The Hall–Kier alpha value is -3.18. The second-order valence-electron chi connectivity index (χ2n) is 10.7. The highest BCUT2D eigenvalue weighted by atomic mass is 127. The van der Waals surface area contributed by atoms with Gasteiger partial charge in [-0.3, -0.25) is 9.59 Å². The van der Waals surface area contributed by atoms with Crippen molar-refractivity contribution in [3.8, 4) is 11.5 Å². The van der Waals surface area contributed by atoms with Gasteiger partial charge in [0.1, 0.15) is 0 Å². The summed E-state index contributed by atoms with van der Waals surface area (Å²) in [6.07, 6.45) is 4.62. The molecule has 0 aromatic heterocycles. The molecule has 41 heavy (non-hydrogen) atoms. The number of amides is 3. The van der Waals surface area contributed by atoms with Crippen LogP contribution in [0.2, 0.25) is 0 Å². The normalized spacial score (nSPS) is 24.0. The fourth-order valence-electron chi connectivity index (χ4n) is 6.56. The van der Waals surface area contributed by atoms with Gasteiger partial charge in [0.15, 0.2) is 11.5 Å². The summed E-state index contributed by atoms with van der Waals surface area (Å²) in [5.41, 5.74) is 5.42. The summed E-state index contributed by atoms with van der Waals surface area (Å²) in [5.74, 6) is -1.78. The number of rotatable bonds is 8. The maximum atomic E-state index is 13.3. The Morgan fingerprint density at radius 1 is 1.15 bits per heavy atom. The lowest BCUT2D eigenvalue weighted by Gasteiger charge is -2.32. The van der Waals surface area contributed by atoms with Crippen molar-refractivity contribution in [2.24, 2.45) is 17.8 Å². The van der Waals surface area contributed by atoms with Crippen molar-refractivity contribution in [1.29, 1.82) is 0 Å². The number of likely N-dealkylation sites (tertiary alicyclic amines) is 1. The van der Waals surface area contributed by atoms with Crippen LogP contribution < -0.4 is 4.74 Å². The number of fused-ring (bicyclic) bond motifs is 3. The molecular formula is C32H34INO7. The highest BCUT2D eigenvalue weighted by molar-refractivity contribution is 14.1. The molecule has 0 saturated carbocycles. The van der Waals surface area contributed by atoms with Crippen LogP contribution in [-0.4, -0.2) is 54.8 Å². The Morgan fingerprint density at radius 3 is 2.59 bits per heavy atom. The Bertz CT molecular complexity index is 1420. The van der Waals surface area contributed by atoms with Crippen molar-refractivity contribution in [2.75, 3.05) is 20.8 Å². The highest BCUT2D eigenvalue weighted by Crippen LogP contribution is 2.51. The second kappa shape index (κ2) is 12.4. The minimum absolute atomic E-state index is 0.119. The van der Waals surface area contributed by atoms with Crippen molar-refractivity contribution in [3.05, 3.63) is 68.3 Å². The van der Waals surface area contributed by atoms with Gasteiger partial charge < -0.3 is 19.3 Å². The lowest BCUT2D eigenvalue weighted by atomic mass is 9.68. The number of carbonyl (C=O) groups is 3. The SMILES string of the molecule is CCCC1=C2[C@@H](CC/C(=C/c3cc(I)c(O)c(OC)c3)c3ccccc3)OC[C@@H]2[C@@H]2C(=O)N(C(=O)OC)C(=O)[C@@H]2C1. The third-order valence-electron chi connectivity index (χ3n) is 8.35. The number of imide groups is 3. The van der Waals surface area contributed by atoms with Gasteiger partial charge in [0.2, 0.25) is 11.8 Å². The van der Waals surface area contributed by atoms with Gasteiger partial charge in [0, 0.05) is 5.92 Å². The number of aromatic hydroxyl groups is 1. The number of allylic oxidation sites excluding steroid dienone is 2. The Labute approximate surface area is 253 Å². The molecule has 8 nitrogen and oxygen atoms in total. The average molecular weight is 672 g/mol. The number of methoxy groups -OCH3 is 2. The lowest BCUT2D eigenvalue weighted by Crippen LogP contribution is -2.38. The first-order valence-corrected chi connectivity index (χ1v) is 15.0. The van der Waals surface area contributed by atoms with Gasteiger partial charge in [-0.05, 0) is 82.7 Å². The summed E-state index contributed by atoms with van der Waals surface area (Å²) in [4.78, 5) is 39.4. The molecule has 3 amide bonds. The van der Waals surface area contributed by atoms with Gasteiger partial charge in [0.05, 0.1) is 42.3 Å². The molecule has 5 rings (SSSR count). The maximum Gasteiger partial charge on any atom is 0.423 e. The first-order chi connectivity index (χ1) is 19.8. The molecule has 1 N–H and O–H groups in total. The Kier molecular flexibility index (Phi) is 8.84. The van der Waals surface area contributed by atoms with E-state index in [0.29, 0.717) is 40.1 Å². The van der Waals surface area contributed by atoms with Crippen LogP contribution in [0.4, 0.5) is 4.79 Å². The second-order valence-corrected chi connectivity index (χ2v) is 11.8. The van der Waals surface area contributed by atoms with E-state index in [9.17, 15) is 19.5 Å². The molecule has 2 aromatic carbocycles. The van der Waals surface area contributed by atoms with E-state index in [1.54, 1.807) is 0 Å². The van der Waals surface area contributed by atoms with Crippen LogP contribution in [0.15, 0.2) is 53.6 Å². The van der Waals surface area contributed by atoms with Crippen molar-refractivity contribution in [1.82, 2.24) is 4.90 Å². The van der Waals surface area contributed by atoms with Gasteiger partial charge in [-0.1, -0.05) is 55.3 Å². The zero-order valence-corrected chi connectivity index (χ0v) is 25.6. The summed E-state index contributed by atoms with van der Waals surface area (Å²) >= 11 is 2.10. The Balaban J connectivity index is 1.45. The fourth-order valence-corrected chi connectivity index (χ4v) is 7.18. The van der Waals surface area contributed by atoms with Crippen molar-refractivity contribution < 1.29 is 33.7 Å². The molecule has 9 heteroatoms. The third-order valence-corrected chi connectivity index (χ3v) is 9.17. The molecular weight excluding hydrogens is 637 g/mol. The summed E-state index contributed by atoms with van der Waals surface area (Å²) < 4.78 is 17.2. The number of nitrogens with zero attached hydrogens (tertiary/aromatic N) is 1. The third kappa shape index (κ3) is 5.53. The standard InChI is InChI=1S/C32H34INO7/c1-4-8-21-16-22-28(31(37)34(30(22)36)32(38)40-3)23-17-41-25(27(21)23)12-11-20(19-9-6-5-7-10-19)13-18-14-24(33)29(35)26(15-18)39-2/h5-7,9-10,13-15,22-23,25,28,35H,4,8,11-12,16-17H2,1-3H3/b20-13-/t22-,23+,25-,28-/m1/s1. The van der Waals surface area contributed by atoms with Gasteiger partial charge >= 0.3 is 6.09 Å². The number of benzene rings is 2. The minimum atomic E-state index is -0.915. The molecule has 2 aliphatic heterocycles. The van der Waals surface area contributed by atoms with Crippen LogP contribution >= 0.6 is 22.6 Å². The summed E-state index contributed by atoms with van der Waals surface area (Å²) in [5, 5.41) is 10.3. The highest BCUT2D eigenvalue weighted by Gasteiger charge is 2.58. The quantitative estimate of drug-likeness (QED) is 0.154. The zero-order valence-electron chi connectivity index (χ0n) is 23.4. The van der Waals surface area contributed by atoms with E-state index < -0.39 is 29.7 Å². The van der Waals surface area contributed by atoms with E-state index in [4.69, 9.17) is 14.2 Å². The van der Waals surface area contributed by atoms with Crippen LogP contribution in [0, 0.1) is 21.3 Å². The smallest absolute Gasteiger partial charge is 0.423 e. The van der Waals surface area contributed by atoms with Crippen LogP contribution in [0.5, 0.6) is 11.5 Å². The molecule has 2 fully saturated rings. The molecule has 1 aliphatic carbocycles. The van der Waals surface area contributed by atoms with E-state index in [2.05, 4.69) is 47.7 Å². The molecule has 0 spiro atoms. The lowest BCUT2D eigenvalue weighted by molar-refractivity contribution is -0.137. The van der Waals surface area contributed by atoms with Crippen LogP contribution in [0.25, 0.3) is 11.6 Å². The van der Waals surface area contributed by atoms with Gasteiger partial charge in [-0.15, -0.1) is 0 Å². The number of ether oxygens (including phenoxy) is 3. The molecule has 2 saturated heterocycles. The predicted molar refractivity (Wildman–Crippen MR) is 162 cm³/mol. The van der Waals surface area contributed by atoms with E-state index in [1.807, 2.05) is 30.3 Å². The maximum absolute atomic E-state index is 13.3. The monoisotopic (exact) mass is 671 g/mol. The molecule has 0 bridgehead atoms. The fraction of sp³-hybridized carbons (Fsp3) is 0.406. The topological polar surface area (TPSA) is 102 Å². The van der Waals surface area contributed by atoms with Gasteiger partial charge in [-0.25, -0.2) is 4.79 Å². The van der Waals surface area contributed by atoms with E-state index in [0.717, 1.165) is 35.1 Å². The number of phenols is 1. The van der Waals surface area contributed by atoms with Crippen LogP contribution in [0.1, 0.15) is 50.2 Å². The minimum Gasteiger partial charge on any atom is -0.504 e. The summed E-state index contributed by atoms with van der Waals surface area (Å²) in [6, 6.07) is 13.9. The summed E-state index contributed by atoms with van der Waals surface area (Å²) in [7, 11) is 2.72. The molecule has 0 radical (unpaired) electrons. The number of hydrogen-bond donors (Lipinski definition) is 1. The average Bonchev–Trinajstić information content (AvgIpc) is 3.51. The number of carbonyl (C=O) groups excluding carboxylic acids is 3.